The maximum Gasteiger partial charge on any atom is 0.150 e. The van der Waals surface area contributed by atoms with E-state index in [1.165, 1.54) is 0 Å². The van der Waals surface area contributed by atoms with Crippen LogP contribution in [-0.4, -0.2) is 34.7 Å². The second-order valence-corrected chi connectivity index (χ2v) is 6.40. The van der Waals surface area contributed by atoms with Crippen molar-refractivity contribution in [2.45, 2.75) is 5.92 Å². The van der Waals surface area contributed by atoms with E-state index in [0.29, 0.717) is 28.6 Å². The third-order valence-electron chi connectivity index (χ3n) is 4.94. The molecule has 0 saturated heterocycles. The molecule has 0 heterocycles. The lowest BCUT2D eigenvalue weighted by Gasteiger charge is -2.24. The molecule has 0 saturated carbocycles. The van der Waals surface area contributed by atoms with Crippen LogP contribution < -0.4 is 18.9 Å². The summed E-state index contributed by atoms with van der Waals surface area (Å²) in [6.07, 6.45) is 0.869. The second kappa shape index (κ2) is 9.15. The van der Waals surface area contributed by atoms with Gasteiger partial charge in [0.05, 0.1) is 28.4 Å². The molecular formula is C24H24O5. The van der Waals surface area contributed by atoms with E-state index in [2.05, 4.69) is 0 Å². The third kappa shape index (κ3) is 4.04. The standard InChI is InChI=1S/C24H24O5/c1-26-17-9-11-20(22(13-17)28-3)24(19-8-6-5-7-16(19)15-25)21-12-10-18(27-2)14-23(21)29-4/h5-15,24H,1-4H3. The zero-order valence-electron chi connectivity index (χ0n) is 17.0. The number of methoxy groups -OCH3 is 4. The molecule has 29 heavy (non-hydrogen) atoms. The van der Waals surface area contributed by atoms with Crippen molar-refractivity contribution in [1.82, 2.24) is 0 Å². The zero-order valence-corrected chi connectivity index (χ0v) is 17.0. The van der Waals surface area contributed by atoms with Gasteiger partial charge in [0.25, 0.3) is 0 Å². The molecule has 0 unspecified atom stereocenters. The average molecular weight is 392 g/mol. The minimum absolute atomic E-state index is 0.293. The Balaban J connectivity index is 2.31. The van der Waals surface area contributed by atoms with Crippen LogP contribution in [0.25, 0.3) is 0 Å². The Kier molecular flexibility index (Phi) is 6.39. The van der Waals surface area contributed by atoms with Crippen LogP contribution in [0.4, 0.5) is 0 Å². The van der Waals surface area contributed by atoms with E-state index >= 15 is 0 Å². The Morgan fingerprint density at radius 1 is 0.655 bits per heavy atom. The molecule has 0 aliphatic rings. The highest BCUT2D eigenvalue weighted by Gasteiger charge is 2.26. The molecule has 0 spiro atoms. The number of hydrogen-bond acceptors (Lipinski definition) is 5. The lowest BCUT2D eigenvalue weighted by molar-refractivity contribution is 0.112. The molecule has 0 aliphatic heterocycles. The Morgan fingerprint density at radius 2 is 1.17 bits per heavy atom. The summed E-state index contributed by atoms with van der Waals surface area (Å²) < 4.78 is 22.0. The fourth-order valence-electron chi connectivity index (χ4n) is 3.50. The van der Waals surface area contributed by atoms with Crippen LogP contribution in [0.1, 0.15) is 33.0 Å². The zero-order chi connectivity index (χ0) is 20.8. The van der Waals surface area contributed by atoms with E-state index in [9.17, 15) is 4.79 Å². The lowest BCUT2D eigenvalue weighted by atomic mass is 9.82. The van der Waals surface area contributed by atoms with Crippen molar-refractivity contribution in [3.63, 3.8) is 0 Å². The molecule has 0 N–H and O–H groups in total. The van der Waals surface area contributed by atoms with Crippen molar-refractivity contribution in [2.24, 2.45) is 0 Å². The summed E-state index contributed by atoms with van der Waals surface area (Å²) in [5, 5.41) is 0. The van der Waals surface area contributed by atoms with Gasteiger partial charge in [0.2, 0.25) is 0 Å². The van der Waals surface area contributed by atoms with Gasteiger partial charge >= 0.3 is 0 Å². The summed E-state index contributed by atoms with van der Waals surface area (Å²) in [5.41, 5.74) is 3.25. The molecule has 0 atom stereocenters. The quantitative estimate of drug-likeness (QED) is 0.410. The fourth-order valence-corrected chi connectivity index (χ4v) is 3.50. The molecule has 3 aromatic rings. The fraction of sp³-hybridized carbons (Fsp3) is 0.208. The largest absolute Gasteiger partial charge is 0.497 e. The molecule has 0 aliphatic carbocycles. The normalized spacial score (nSPS) is 10.5. The van der Waals surface area contributed by atoms with E-state index in [-0.39, 0.29) is 5.92 Å². The lowest BCUT2D eigenvalue weighted by Crippen LogP contribution is -2.10. The van der Waals surface area contributed by atoms with Crippen molar-refractivity contribution in [1.29, 1.82) is 0 Å². The monoisotopic (exact) mass is 392 g/mol. The summed E-state index contributed by atoms with van der Waals surface area (Å²) in [6.45, 7) is 0. The highest BCUT2D eigenvalue weighted by molar-refractivity contribution is 5.79. The van der Waals surface area contributed by atoms with Gasteiger partial charge in [0.15, 0.2) is 0 Å². The number of ether oxygens (including phenoxy) is 4. The SMILES string of the molecule is COc1ccc(C(c2ccccc2C=O)c2ccc(OC)cc2OC)c(OC)c1. The topological polar surface area (TPSA) is 54.0 Å². The van der Waals surface area contributed by atoms with E-state index in [0.717, 1.165) is 23.0 Å². The molecule has 3 rings (SSSR count). The summed E-state index contributed by atoms with van der Waals surface area (Å²) in [5.74, 6) is 2.41. The first-order valence-corrected chi connectivity index (χ1v) is 9.14. The maximum absolute atomic E-state index is 11.8. The first-order chi connectivity index (χ1) is 14.2. The molecule has 5 heteroatoms. The number of aldehydes is 1. The van der Waals surface area contributed by atoms with Gasteiger partial charge < -0.3 is 18.9 Å². The Morgan fingerprint density at radius 3 is 1.62 bits per heavy atom. The number of benzene rings is 3. The van der Waals surface area contributed by atoms with Crippen molar-refractivity contribution >= 4 is 6.29 Å². The molecule has 0 bridgehead atoms. The molecule has 5 nitrogen and oxygen atoms in total. The second-order valence-electron chi connectivity index (χ2n) is 6.40. The van der Waals surface area contributed by atoms with Gasteiger partial charge in [-0.3, -0.25) is 4.79 Å². The van der Waals surface area contributed by atoms with E-state index in [4.69, 9.17) is 18.9 Å². The number of rotatable bonds is 8. The van der Waals surface area contributed by atoms with Crippen molar-refractivity contribution in [3.05, 3.63) is 82.9 Å². The van der Waals surface area contributed by atoms with Gasteiger partial charge in [-0.25, -0.2) is 0 Å². The molecule has 150 valence electrons. The number of carbonyl (C=O) groups excluding carboxylic acids is 1. The van der Waals surface area contributed by atoms with Crippen molar-refractivity contribution in [3.8, 4) is 23.0 Å². The van der Waals surface area contributed by atoms with Gasteiger partial charge in [-0.2, -0.15) is 0 Å². The molecule has 0 radical (unpaired) electrons. The molecule has 0 amide bonds. The van der Waals surface area contributed by atoms with E-state index in [1.54, 1.807) is 34.5 Å². The first kappa shape index (κ1) is 20.3. The molecule has 3 aromatic carbocycles. The average Bonchev–Trinajstić information content (AvgIpc) is 2.79. The van der Waals surface area contributed by atoms with Crippen LogP contribution in [0.3, 0.4) is 0 Å². The van der Waals surface area contributed by atoms with E-state index in [1.807, 2.05) is 54.6 Å². The van der Waals surface area contributed by atoms with E-state index < -0.39 is 0 Å². The van der Waals surface area contributed by atoms with Crippen LogP contribution in [0.15, 0.2) is 60.7 Å². The van der Waals surface area contributed by atoms with Crippen molar-refractivity contribution in [2.75, 3.05) is 28.4 Å². The molecular weight excluding hydrogens is 368 g/mol. The van der Waals surface area contributed by atoms with Gasteiger partial charge in [0, 0.05) is 34.7 Å². The highest BCUT2D eigenvalue weighted by atomic mass is 16.5. The summed E-state index contributed by atoms with van der Waals surface area (Å²) in [6, 6.07) is 18.9. The van der Waals surface area contributed by atoms with Crippen LogP contribution in [0, 0.1) is 0 Å². The van der Waals surface area contributed by atoms with Gasteiger partial charge in [0.1, 0.15) is 29.3 Å². The van der Waals surface area contributed by atoms with Crippen molar-refractivity contribution < 1.29 is 23.7 Å². The Bertz CT molecular complexity index is 941. The summed E-state index contributed by atoms with van der Waals surface area (Å²) >= 11 is 0. The minimum atomic E-state index is -0.293. The Labute approximate surface area is 170 Å². The van der Waals surface area contributed by atoms with Gasteiger partial charge in [-0.15, -0.1) is 0 Å². The predicted octanol–water partition coefficient (Wildman–Crippen LogP) is 4.71. The van der Waals surface area contributed by atoms with Crippen LogP contribution in [0.5, 0.6) is 23.0 Å². The third-order valence-corrected chi connectivity index (χ3v) is 4.94. The smallest absolute Gasteiger partial charge is 0.150 e. The molecule has 0 aromatic heterocycles. The maximum atomic E-state index is 11.8. The van der Waals surface area contributed by atoms with Gasteiger partial charge in [-0.1, -0.05) is 36.4 Å². The summed E-state index contributed by atoms with van der Waals surface area (Å²) in [7, 11) is 6.46. The predicted molar refractivity (Wildman–Crippen MR) is 112 cm³/mol. The highest BCUT2D eigenvalue weighted by Crippen LogP contribution is 2.43. The van der Waals surface area contributed by atoms with Crippen LogP contribution in [0.2, 0.25) is 0 Å². The minimum Gasteiger partial charge on any atom is -0.497 e. The van der Waals surface area contributed by atoms with Crippen LogP contribution in [-0.2, 0) is 0 Å². The number of carbonyl (C=O) groups is 1. The van der Waals surface area contributed by atoms with Gasteiger partial charge in [-0.05, 0) is 17.7 Å². The first-order valence-electron chi connectivity index (χ1n) is 9.14. The molecule has 0 fully saturated rings. The van der Waals surface area contributed by atoms with Crippen LogP contribution >= 0.6 is 0 Å². The summed E-state index contributed by atoms with van der Waals surface area (Å²) in [4.78, 5) is 11.8. The number of hydrogen-bond donors (Lipinski definition) is 0. The Hall–Kier alpha value is -3.47.